The molecule has 2 amide bonds. The van der Waals surface area contributed by atoms with Crippen molar-refractivity contribution in [2.75, 3.05) is 13.1 Å². The van der Waals surface area contributed by atoms with Gasteiger partial charge >= 0.3 is 5.97 Å². The molecule has 4 N–H and O–H groups in total. The molecule has 0 saturated heterocycles. The van der Waals surface area contributed by atoms with E-state index in [1.807, 2.05) is 13.8 Å². The largest absolute Gasteiger partial charge is 0.475 e. The maximum atomic E-state index is 12.9. The van der Waals surface area contributed by atoms with Crippen LogP contribution in [-0.4, -0.2) is 59.1 Å². The van der Waals surface area contributed by atoms with Crippen LogP contribution in [0.5, 0.6) is 0 Å². The van der Waals surface area contributed by atoms with Gasteiger partial charge in [0.25, 0.3) is 5.91 Å². The molecule has 1 rings (SSSR count). The van der Waals surface area contributed by atoms with E-state index in [2.05, 4.69) is 5.32 Å². The minimum atomic E-state index is -1.29. The molecule has 3 atom stereocenters. The fraction of sp³-hybridized carbons (Fsp3) is 0.688. The lowest BCUT2D eigenvalue weighted by Crippen LogP contribution is -2.61. The average molecular weight is 341 g/mol. The molecule has 1 aliphatic heterocycles. The van der Waals surface area contributed by atoms with Crippen LogP contribution in [0, 0.1) is 0 Å². The number of aliphatic carboxylic acids is 1. The van der Waals surface area contributed by atoms with Gasteiger partial charge in [0, 0.05) is 20.0 Å². The first kappa shape index (κ1) is 20.0. The number of nitrogens with two attached hydrogens (primary N) is 1. The second-order valence-electron chi connectivity index (χ2n) is 5.86. The highest BCUT2D eigenvalue weighted by Crippen LogP contribution is 2.20. The second kappa shape index (κ2) is 9.27. The predicted molar refractivity (Wildman–Crippen MR) is 88.0 cm³/mol. The molecule has 0 aromatic heterocycles. The monoisotopic (exact) mass is 341 g/mol. The number of nitrogens with zero attached hydrogens (tertiary/aromatic N) is 1. The van der Waals surface area contributed by atoms with E-state index in [9.17, 15) is 14.4 Å². The maximum absolute atomic E-state index is 12.9. The third-order valence-corrected chi connectivity index (χ3v) is 3.75. The zero-order valence-electron chi connectivity index (χ0n) is 14.4. The standard InChI is InChI=1S/C16H27N3O5/c1-4-6-8-19(7-5-2)15(21)14-13(18-10(3)20)11(17)9-12(24-14)16(22)23/h9,11,13-14H,4-8,17H2,1-3H3,(H,18,20)(H,22,23)/t11?,13-,14-/m1/s1. The molecule has 8 heteroatoms. The predicted octanol–water partition coefficient (Wildman–Crippen LogP) is 0.224. The van der Waals surface area contributed by atoms with Gasteiger partial charge in [0.1, 0.15) is 0 Å². The van der Waals surface area contributed by atoms with Crippen molar-refractivity contribution in [2.45, 2.75) is 58.2 Å². The van der Waals surface area contributed by atoms with Crippen LogP contribution in [-0.2, 0) is 19.1 Å². The number of ether oxygens (including phenoxy) is 1. The molecule has 136 valence electrons. The fourth-order valence-electron chi connectivity index (χ4n) is 2.59. The highest BCUT2D eigenvalue weighted by Gasteiger charge is 2.41. The van der Waals surface area contributed by atoms with E-state index in [0.29, 0.717) is 13.1 Å². The SMILES string of the molecule is CCCCN(CCC)C(=O)[C@@H]1OC(C(=O)O)=CC(N)[C@H]1NC(C)=O. The van der Waals surface area contributed by atoms with Gasteiger partial charge in [-0.15, -0.1) is 0 Å². The van der Waals surface area contributed by atoms with Gasteiger partial charge in [-0.1, -0.05) is 20.3 Å². The Bertz CT molecular complexity index is 506. The fourth-order valence-corrected chi connectivity index (χ4v) is 2.59. The van der Waals surface area contributed by atoms with E-state index in [1.165, 1.54) is 13.0 Å². The lowest BCUT2D eigenvalue weighted by molar-refractivity contribution is -0.149. The quantitative estimate of drug-likeness (QED) is 0.581. The van der Waals surface area contributed by atoms with Gasteiger partial charge in [0.2, 0.25) is 11.7 Å². The zero-order valence-corrected chi connectivity index (χ0v) is 14.4. The highest BCUT2D eigenvalue weighted by molar-refractivity contribution is 5.88. The first-order valence-electron chi connectivity index (χ1n) is 8.25. The number of rotatable bonds is 8. The number of nitrogens with one attached hydrogen (secondary N) is 1. The first-order valence-corrected chi connectivity index (χ1v) is 8.25. The Labute approximate surface area is 142 Å². The van der Waals surface area contributed by atoms with E-state index in [0.717, 1.165) is 19.3 Å². The topological polar surface area (TPSA) is 122 Å². The molecule has 0 spiro atoms. The van der Waals surface area contributed by atoms with E-state index >= 15 is 0 Å². The number of carboxylic acids is 1. The van der Waals surface area contributed by atoms with Crippen LogP contribution >= 0.6 is 0 Å². The Morgan fingerprint density at radius 2 is 1.96 bits per heavy atom. The van der Waals surface area contributed by atoms with E-state index in [-0.39, 0.29) is 17.6 Å². The summed E-state index contributed by atoms with van der Waals surface area (Å²) in [7, 11) is 0. The van der Waals surface area contributed by atoms with Crippen molar-refractivity contribution in [1.29, 1.82) is 0 Å². The summed E-state index contributed by atoms with van der Waals surface area (Å²) in [6.07, 6.45) is 2.58. The van der Waals surface area contributed by atoms with Crippen molar-refractivity contribution in [2.24, 2.45) is 5.73 Å². The normalized spacial score (nSPS) is 23.0. The molecule has 8 nitrogen and oxygen atoms in total. The van der Waals surface area contributed by atoms with Gasteiger partial charge in [-0.3, -0.25) is 9.59 Å². The summed E-state index contributed by atoms with van der Waals surface area (Å²) in [5.41, 5.74) is 5.95. The molecule has 0 bridgehead atoms. The summed E-state index contributed by atoms with van der Waals surface area (Å²) in [5, 5.41) is 11.7. The zero-order chi connectivity index (χ0) is 18.3. The van der Waals surface area contributed by atoms with Crippen LogP contribution in [0.1, 0.15) is 40.0 Å². The van der Waals surface area contributed by atoms with E-state index in [4.69, 9.17) is 15.6 Å². The molecule has 0 saturated carbocycles. The maximum Gasteiger partial charge on any atom is 0.370 e. The van der Waals surface area contributed by atoms with Gasteiger partial charge in [-0.25, -0.2) is 4.79 Å². The van der Waals surface area contributed by atoms with Crippen molar-refractivity contribution in [3.63, 3.8) is 0 Å². The van der Waals surface area contributed by atoms with Crippen molar-refractivity contribution in [3.8, 4) is 0 Å². The van der Waals surface area contributed by atoms with Gasteiger partial charge in [-0.05, 0) is 18.9 Å². The molecule has 1 unspecified atom stereocenters. The van der Waals surface area contributed by atoms with Crippen LogP contribution in [0.2, 0.25) is 0 Å². The van der Waals surface area contributed by atoms with Crippen LogP contribution in [0.3, 0.4) is 0 Å². The van der Waals surface area contributed by atoms with E-state index in [1.54, 1.807) is 4.90 Å². The molecule has 0 fully saturated rings. The van der Waals surface area contributed by atoms with Gasteiger partial charge < -0.3 is 25.8 Å². The number of hydrogen-bond donors (Lipinski definition) is 3. The van der Waals surface area contributed by atoms with Gasteiger partial charge in [0.15, 0.2) is 6.10 Å². The number of carbonyl (C=O) groups excluding carboxylic acids is 2. The number of hydrogen-bond acceptors (Lipinski definition) is 5. The van der Waals surface area contributed by atoms with Gasteiger partial charge in [0.05, 0.1) is 12.1 Å². The van der Waals surface area contributed by atoms with Crippen LogP contribution in [0.15, 0.2) is 11.8 Å². The van der Waals surface area contributed by atoms with Crippen molar-refractivity contribution in [3.05, 3.63) is 11.8 Å². The van der Waals surface area contributed by atoms with E-state index < -0.39 is 24.2 Å². The Balaban J connectivity index is 3.07. The number of amides is 2. The summed E-state index contributed by atoms with van der Waals surface area (Å²) in [6.45, 7) is 6.37. The molecule has 0 aromatic rings. The summed E-state index contributed by atoms with van der Waals surface area (Å²) < 4.78 is 5.38. The smallest absolute Gasteiger partial charge is 0.370 e. The summed E-state index contributed by atoms with van der Waals surface area (Å²) in [6, 6.07) is -1.63. The van der Waals surface area contributed by atoms with Crippen LogP contribution in [0.4, 0.5) is 0 Å². The third kappa shape index (κ3) is 5.23. The lowest BCUT2D eigenvalue weighted by atomic mass is 9.97. The van der Waals surface area contributed by atoms with Crippen LogP contribution < -0.4 is 11.1 Å². The minimum absolute atomic E-state index is 0.355. The number of carbonyl (C=O) groups is 3. The molecule has 1 heterocycles. The Morgan fingerprint density at radius 3 is 2.46 bits per heavy atom. The van der Waals surface area contributed by atoms with Crippen LogP contribution in [0.25, 0.3) is 0 Å². The molecular weight excluding hydrogens is 314 g/mol. The Kier molecular flexibility index (Phi) is 7.70. The number of unbranched alkanes of at least 4 members (excludes halogenated alkanes) is 1. The first-order chi connectivity index (χ1) is 11.3. The summed E-state index contributed by atoms with van der Waals surface area (Å²) in [4.78, 5) is 37.1. The summed E-state index contributed by atoms with van der Waals surface area (Å²) in [5.74, 6) is -2.37. The molecule has 0 aliphatic carbocycles. The minimum Gasteiger partial charge on any atom is -0.475 e. The molecular formula is C16H27N3O5. The molecule has 0 aromatic carbocycles. The Morgan fingerprint density at radius 1 is 1.29 bits per heavy atom. The molecule has 0 radical (unpaired) electrons. The van der Waals surface area contributed by atoms with Crippen molar-refractivity contribution in [1.82, 2.24) is 10.2 Å². The van der Waals surface area contributed by atoms with Crippen molar-refractivity contribution >= 4 is 17.8 Å². The number of carboxylic acid groups (broad SMARTS) is 1. The van der Waals surface area contributed by atoms with Crippen molar-refractivity contribution < 1.29 is 24.2 Å². The highest BCUT2D eigenvalue weighted by atomic mass is 16.5. The Hall–Kier alpha value is -2.09. The molecule has 1 aliphatic rings. The average Bonchev–Trinajstić information content (AvgIpc) is 2.51. The summed E-state index contributed by atoms with van der Waals surface area (Å²) >= 11 is 0. The lowest BCUT2D eigenvalue weighted by Gasteiger charge is -2.37. The second-order valence-corrected chi connectivity index (χ2v) is 5.86. The third-order valence-electron chi connectivity index (χ3n) is 3.75. The molecule has 24 heavy (non-hydrogen) atoms. The van der Waals surface area contributed by atoms with Gasteiger partial charge in [-0.2, -0.15) is 0 Å².